The molecule has 1 amide bonds. The molecule has 44 heavy (non-hydrogen) atoms. The summed E-state index contributed by atoms with van der Waals surface area (Å²) < 4.78 is 6.12. The summed E-state index contributed by atoms with van der Waals surface area (Å²) in [5, 5.41) is 37.8. The highest BCUT2D eigenvalue weighted by Gasteiger charge is 2.33. The van der Waals surface area contributed by atoms with Gasteiger partial charge in [0.05, 0.1) is 11.4 Å². The zero-order valence-corrected chi connectivity index (χ0v) is 26.8. The number of hydrogen-bond acceptors (Lipinski definition) is 8. The summed E-state index contributed by atoms with van der Waals surface area (Å²) in [4.78, 5) is 28.0. The van der Waals surface area contributed by atoms with Crippen LogP contribution in [0.3, 0.4) is 0 Å². The SMILES string of the molecule is CC.O=CO.[B]C(O)(O)C#CC(=O)N(c1ccc(NC)c(C(=N)OC2CCCC(C)(C)C2)n1)c1cc(C)c(C)cc1C1CC1. The van der Waals surface area contributed by atoms with Gasteiger partial charge in [0.25, 0.3) is 6.47 Å². The van der Waals surface area contributed by atoms with Gasteiger partial charge < -0.3 is 25.4 Å². The van der Waals surface area contributed by atoms with Crippen LogP contribution in [0.2, 0.25) is 0 Å². The minimum Gasteiger partial charge on any atom is -0.483 e. The van der Waals surface area contributed by atoms with Gasteiger partial charge in [-0.3, -0.25) is 19.9 Å². The number of aliphatic hydroxyl groups is 2. The number of nitrogens with one attached hydrogen (secondary N) is 2. The van der Waals surface area contributed by atoms with Crippen LogP contribution in [-0.2, 0) is 14.3 Å². The van der Waals surface area contributed by atoms with Gasteiger partial charge in [-0.15, -0.1) is 0 Å². The first-order chi connectivity index (χ1) is 20.7. The van der Waals surface area contributed by atoms with E-state index in [1.165, 1.54) is 4.90 Å². The summed E-state index contributed by atoms with van der Waals surface area (Å²) in [7, 11) is 6.94. The number of hydrogen-bond donors (Lipinski definition) is 5. The Kier molecular flexibility index (Phi) is 13.0. The molecule has 0 bridgehead atoms. The molecule has 2 saturated carbocycles. The van der Waals surface area contributed by atoms with Crippen LogP contribution in [0.15, 0.2) is 24.3 Å². The molecule has 2 radical (unpaired) electrons. The lowest BCUT2D eigenvalue weighted by atomic mass is 9.76. The fraction of sp³-hybridized carbons (Fsp3) is 0.515. The van der Waals surface area contributed by atoms with Gasteiger partial charge in [0.1, 0.15) is 17.6 Å². The fourth-order valence-electron chi connectivity index (χ4n) is 5.18. The van der Waals surface area contributed by atoms with Crippen molar-refractivity contribution < 1.29 is 29.6 Å². The van der Waals surface area contributed by atoms with Crippen molar-refractivity contribution in [1.82, 2.24) is 4.98 Å². The number of carboxylic acid groups (broad SMARTS) is 1. The lowest BCUT2D eigenvalue weighted by molar-refractivity contribution is -0.122. The second-order valence-electron chi connectivity index (χ2n) is 11.6. The van der Waals surface area contributed by atoms with Crippen LogP contribution < -0.4 is 10.2 Å². The smallest absolute Gasteiger partial charge is 0.308 e. The molecule has 0 saturated heterocycles. The van der Waals surface area contributed by atoms with Crippen LogP contribution >= 0.6 is 0 Å². The van der Waals surface area contributed by atoms with Crippen molar-refractivity contribution in [1.29, 1.82) is 5.41 Å². The second-order valence-corrected chi connectivity index (χ2v) is 11.6. The number of pyridine rings is 1. The average molecular weight is 605 g/mol. The molecule has 4 rings (SSSR count). The summed E-state index contributed by atoms with van der Waals surface area (Å²) in [5.41, 5.74) is 1.91. The number of ether oxygens (including phenoxy) is 1. The van der Waals surface area contributed by atoms with Crippen molar-refractivity contribution in [2.24, 2.45) is 5.41 Å². The molecular formula is C33H45BN4O6. The summed E-state index contributed by atoms with van der Waals surface area (Å²) in [6.07, 6.45) is 5.81. The fourth-order valence-corrected chi connectivity index (χ4v) is 5.18. The standard InChI is InChI=1S/C30H37BN4O4.C2H6.CH2O2/c1-18-15-22(20-8-9-20)24(16-19(18)2)35(26(36)12-14-30(31,37)38)25-11-10-23(33-5)27(34-25)28(32)39-21-7-6-13-29(3,4)17-21;1-2;2-1-3/h10-11,15-16,20-21,32-33,37-38H,6-9,13,17H2,1-5H3;1-2H3;1H,(H,2,3). The predicted molar refractivity (Wildman–Crippen MR) is 174 cm³/mol. The third kappa shape index (κ3) is 10.1. The molecule has 1 atom stereocenters. The van der Waals surface area contributed by atoms with Crippen molar-refractivity contribution in [3.05, 3.63) is 46.6 Å². The van der Waals surface area contributed by atoms with E-state index in [4.69, 9.17) is 32.9 Å². The molecule has 236 valence electrons. The molecule has 0 aliphatic heterocycles. The molecule has 1 aromatic heterocycles. The van der Waals surface area contributed by atoms with Gasteiger partial charge in [0.15, 0.2) is 13.5 Å². The van der Waals surface area contributed by atoms with E-state index in [0.29, 0.717) is 17.3 Å². The number of anilines is 3. The molecule has 1 aromatic carbocycles. The van der Waals surface area contributed by atoms with E-state index in [9.17, 15) is 15.0 Å². The first-order valence-electron chi connectivity index (χ1n) is 14.9. The molecular weight excluding hydrogens is 559 g/mol. The first kappa shape index (κ1) is 36.3. The van der Waals surface area contributed by atoms with Crippen LogP contribution in [0, 0.1) is 36.5 Å². The van der Waals surface area contributed by atoms with Crippen molar-refractivity contribution in [2.45, 2.75) is 97.8 Å². The quantitative estimate of drug-likeness (QED) is 0.0759. The maximum atomic E-state index is 13.5. The Hall–Kier alpha value is -3.88. The number of rotatable bonds is 6. The Labute approximate surface area is 262 Å². The van der Waals surface area contributed by atoms with E-state index >= 15 is 0 Å². The second kappa shape index (κ2) is 15.7. The molecule has 2 aromatic rings. The molecule has 1 unspecified atom stereocenters. The molecule has 11 heteroatoms. The van der Waals surface area contributed by atoms with Gasteiger partial charge in [0, 0.05) is 13.0 Å². The zero-order valence-electron chi connectivity index (χ0n) is 26.8. The summed E-state index contributed by atoms with van der Waals surface area (Å²) in [6.45, 7) is 12.2. The van der Waals surface area contributed by atoms with Gasteiger partial charge in [-0.2, -0.15) is 0 Å². The number of nitrogens with zero attached hydrogens (tertiary/aromatic N) is 2. The summed E-state index contributed by atoms with van der Waals surface area (Å²) in [5.74, 6) is 4.00. The number of aromatic nitrogens is 1. The average Bonchev–Trinajstić information content (AvgIpc) is 3.80. The topological polar surface area (TPSA) is 156 Å². The number of aryl methyl sites for hydroxylation is 2. The number of benzene rings is 1. The summed E-state index contributed by atoms with van der Waals surface area (Å²) in [6, 6.07) is 7.43. The van der Waals surface area contributed by atoms with Crippen molar-refractivity contribution in [3.8, 4) is 11.8 Å². The van der Waals surface area contributed by atoms with Gasteiger partial charge in [0.2, 0.25) is 5.90 Å². The number of amides is 1. The maximum Gasteiger partial charge on any atom is 0.308 e. The van der Waals surface area contributed by atoms with Gasteiger partial charge in [-0.1, -0.05) is 33.8 Å². The minimum absolute atomic E-state index is 0.0726. The van der Waals surface area contributed by atoms with Crippen molar-refractivity contribution in [2.75, 3.05) is 17.3 Å². The third-order valence-corrected chi connectivity index (χ3v) is 7.50. The lowest BCUT2D eigenvalue weighted by Gasteiger charge is -2.35. The lowest BCUT2D eigenvalue weighted by Crippen LogP contribution is -2.31. The van der Waals surface area contributed by atoms with E-state index in [2.05, 4.69) is 31.2 Å². The van der Waals surface area contributed by atoms with E-state index < -0.39 is 11.6 Å². The van der Waals surface area contributed by atoms with Crippen LogP contribution in [0.25, 0.3) is 0 Å². The molecule has 5 N–H and O–H groups in total. The van der Waals surface area contributed by atoms with Crippen molar-refractivity contribution >= 4 is 43.3 Å². The van der Waals surface area contributed by atoms with Crippen LogP contribution in [0.5, 0.6) is 0 Å². The Morgan fingerprint density at radius 1 is 1.20 bits per heavy atom. The van der Waals surface area contributed by atoms with Crippen LogP contribution in [0.1, 0.15) is 94.5 Å². The van der Waals surface area contributed by atoms with Crippen LogP contribution in [0.4, 0.5) is 17.2 Å². The first-order valence-corrected chi connectivity index (χ1v) is 14.9. The largest absolute Gasteiger partial charge is 0.483 e. The highest BCUT2D eigenvalue weighted by atomic mass is 16.5. The van der Waals surface area contributed by atoms with Crippen LogP contribution in [-0.4, -0.2) is 65.3 Å². The Bertz CT molecular complexity index is 1390. The van der Waals surface area contributed by atoms with Gasteiger partial charge in [-0.25, -0.2) is 4.98 Å². The normalized spacial score (nSPS) is 16.8. The Morgan fingerprint density at radius 3 is 2.36 bits per heavy atom. The Balaban J connectivity index is 0.00000127. The molecule has 2 fully saturated rings. The molecule has 2 aliphatic carbocycles. The summed E-state index contributed by atoms with van der Waals surface area (Å²) >= 11 is 0. The zero-order chi connectivity index (χ0) is 33.2. The monoisotopic (exact) mass is 604 g/mol. The van der Waals surface area contributed by atoms with Crippen molar-refractivity contribution in [3.63, 3.8) is 0 Å². The molecule has 0 spiro atoms. The Morgan fingerprint density at radius 2 is 1.82 bits per heavy atom. The predicted octanol–water partition coefficient (Wildman–Crippen LogP) is 5.13. The minimum atomic E-state index is -2.82. The van der Waals surface area contributed by atoms with E-state index in [1.54, 1.807) is 19.2 Å². The van der Waals surface area contributed by atoms with E-state index in [0.717, 1.165) is 55.2 Å². The third-order valence-electron chi connectivity index (χ3n) is 7.50. The highest BCUT2D eigenvalue weighted by molar-refractivity contribution is 6.17. The van der Waals surface area contributed by atoms with Gasteiger partial charge >= 0.3 is 5.91 Å². The van der Waals surface area contributed by atoms with E-state index in [-0.39, 0.29) is 35.4 Å². The number of carbonyl (C=O) groups is 2. The van der Waals surface area contributed by atoms with E-state index in [1.807, 2.05) is 39.7 Å². The molecule has 1 heterocycles. The number of carbonyl (C=O) groups excluding carboxylic acids is 1. The van der Waals surface area contributed by atoms with Gasteiger partial charge in [-0.05, 0) is 105 Å². The molecule has 10 nitrogen and oxygen atoms in total. The highest BCUT2D eigenvalue weighted by Crippen LogP contribution is 2.46. The molecule has 2 aliphatic rings. The maximum absolute atomic E-state index is 13.5.